The second-order valence-electron chi connectivity index (χ2n) is 4.08. The number of aryl methyl sites for hydroxylation is 1. The molecule has 1 aliphatic heterocycles. The molecule has 0 radical (unpaired) electrons. The van der Waals surface area contributed by atoms with Gasteiger partial charge in [0, 0.05) is 26.7 Å². The van der Waals surface area contributed by atoms with E-state index < -0.39 is 6.04 Å². The molecular formula is C10H16N6O2. The summed E-state index contributed by atoms with van der Waals surface area (Å²) in [7, 11) is 1.55. The lowest BCUT2D eigenvalue weighted by Gasteiger charge is -2.34. The van der Waals surface area contributed by atoms with E-state index in [9.17, 15) is 9.59 Å². The average Bonchev–Trinajstić information content (AvgIpc) is 2.83. The lowest BCUT2D eigenvalue weighted by atomic mass is 10.1. The van der Waals surface area contributed by atoms with Crippen LogP contribution in [0.25, 0.3) is 0 Å². The standard InChI is InChI=1S/C10H16N6O2/c1-6-13-8(15-14-6)10(18)16-4-3-12-5-7(16)9(17)11-2/h7,12H,3-5H2,1-2H3,(H,11,17)(H,13,14,15). The number of carbonyl (C=O) groups excluding carboxylic acids is 2. The fraction of sp³-hybridized carbons (Fsp3) is 0.600. The van der Waals surface area contributed by atoms with Gasteiger partial charge in [0.1, 0.15) is 11.9 Å². The molecule has 1 saturated heterocycles. The van der Waals surface area contributed by atoms with Crippen LogP contribution in [-0.4, -0.2) is 64.6 Å². The minimum Gasteiger partial charge on any atom is -0.357 e. The molecular weight excluding hydrogens is 236 g/mol. The Morgan fingerprint density at radius 2 is 2.28 bits per heavy atom. The summed E-state index contributed by atoms with van der Waals surface area (Å²) < 4.78 is 0. The van der Waals surface area contributed by atoms with E-state index in [1.807, 2.05) is 0 Å². The molecule has 0 saturated carbocycles. The summed E-state index contributed by atoms with van der Waals surface area (Å²) in [4.78, 5) is 29.4. The fourth-order valence-electron chi connectivity index (χ4n) is 1.92. The highest BCUT2D eigenvalue weighted by Crippen LogP contribution is 2.08. The fourth-order valence-corrected chi connectivity index (χ4v) is 1.92. The molecule has 1 atom stereocenters. The third kappa shape index (κ3) is 2.33. The van der Waals surface area contributed by atoms with Crippen LogP contribution in [0.5, 0.6) is 0 Å². The number of carbonyl (C=O) groups is 2. The molecule has 2 amide bonds. The van der Waals surface area contributed by atoms with Crippen molar-refractivity contribution in [3.63, 3.8) is 0 Å². The predicted molar refractivity (Wildman–Crippen MR) is 62.9 cm³/mol. The monoisotopic (exact) mass is 252 g/mol. The Labute approximate surface area is 104 Å². The Kier molecular flexibility index (Phi) is 3.56. The summed E-state index contributed by atoms with van der Waals surface area (Å²) in [5.41, 5.74) is 0. The largest absolute Gasteiger partial charge is 0.357 e. The minimum absolute atomic E-state index is 0.100. The zero-order valence-electron chi connectivity index (χ0n) is 10.4. The molecule has 3 N–H and O–H groups in total. The number of hydrogen-bond acceptors (Lipinski definition) is 5. The maximum absolute atomic E-state index is 12.2. The number of rotatable bonds is 2. The van der Waals surface area contributed by atoms with Gasteiger partial charge in [-0.3, -0.25) is 14.7 Å². The summed E-state index contributed by atoms with van der Waals surface area (Å²) in [6.07, 6.45) is 0. The van der Waals surface area contributed by atoms with Gasteiger partial charge in [-0.05, 0) is 6.92 Å². The lowest BCUT2D eigenvalue weighted by Crippen LogP contribution is -2.59. The average molecular weight is 252 g/mol. The molecule has 1 aromatic heterocycles. The first-order valence-corrected chi connectivity index (χ1v) is 5.75. The summed E-state index contributed by atoms with van der Waals surface area (Å²) in [6.45, 7) is 3.28. The van der Waals surface area contributed by atoms with Gasteiger partial charge in [-0.2, -0.15) is 0 Å². The predicted octanol–water partition coefficient (Wildman–Crippen LogP) is -1.73. The number of nitrogens with one attached hydrogen (secondary N) is 3. The maximum atomic E-state index is 12.2. The van der Waals surface area contributed by atoms with E-state index in [0.29, 0.717) is 25.5 Å². The van der Waals surface area contributed by atoms with E-state index in [2.05, 4.69) is 25.8 Å². The molecule has 1 unspecified atom stereocenters. The molecule has 18 heavy (non-hydrogen) atoms. The first kappa shape index (κ1) is 12.5. The molecule has 0 bridgehead atoms. The van der Waals surface area contributed by atoms with Crippen LogP contribution in [-0.2, 0) is 4.79 Å². The van der Waals surface area contributed by atoms with Crippen molar-refractivity contribution in [1.29, 1.82) is 0 Å². The van der Waals surface area contributed by atoms with E-state index in [1.165, 1.54) is 4.90 Å². The van der Waals surface area contributed by atoms with Gasteiger partial charge < -0.3 is 15.5 Å². The van der Waals surface area contributed by atoms with Gasteiger partial charge in [-0.25, -0.2) is 4.98 Å². The van der Waals surface area contributed by atoms with Gasteiger partial charge in [-0.15, -0.1) is 5.10 Å². The Bertz CT molecular complexity index is 457. The summed E-state index contributed by atoms with van der Waals surface area (Å²) in [5, 5.41) is 12.1. The molecule has 8 nitrogen and oxygen atoms in total. The number of nitrogens with zero attached hydrogens (tertiary/aromatic N) is 3. The summed E-state index contributed by atoms with van der Waals surface area (Å²) in [6, 6.07) is -0.518. The molecule has 0 aromatic carbocycles. The van der Waals surface area contributed by atoms with Crippen LogP contribution >= 0.6 is 0 Å². The molecule has 1 aromatic rings. The van der Waals surface area contributed by atoms with Gasteiger partial charge in [0.05, 0.1) is 0 Å². The normalized spacial score (nSPS) is 19.7. The first-order valence-electron chi connectivity index (χ1n) is 5.75. The topological polar surface area (TPSA) is 103 Å². The van der Waals surface area contributed by atoms with E-state index in [0.717, 1.165) is 0 Å². The third-order valence-corrected chi connectivity index (χ3v) is 2.84. The second-order valence-corrected chi connectivity index (χ2v) is 4.08. The Morgan fingerprint density at radius 3 is 2.89 bits per heavy atom. The zero-order chi connectivity index (χ0) is 13.1. The van der Waals surface area contributed by atoms with Crippen LogP contribution in [0, 0.1) is 6.92 Å². The Balaban J connectivity index is 2.18. The maximum Gasteiger partial charge on any atom is 0.294 e. The van der Waals surface area contributed by atoms with Gasteiger partial charge in [0.2, 0.25) is 11.7 Å². The first-order chi connectivity index (χ1) is 8.63. The second kappa shape index (κ2) is 5.13. The van der Waals surface area contributed by atoms with Crippen LogP contribution in [0.2, 0.25) is 0 Å². The Hall–Kier alpha value is -1.96. The third-order valence-electron chi connectivity index (χ3n) is 2.84. The number of aromatic nitrogens is 3. The number of aromatic amines is 1. The smallest absolute Gasteiger partial charge is 0.294 e. The van der Waals surface area contributed by atoms with E-state index in [-0.39, 0.29) is 17.6 Å². The van der Waals surface area contributed by atoms with Gasteiger partial charge in [0.25, 0.3) is 5.91 Å². The SMILES string of the molecule is CNC(=O)C1CNCCN1C(=O)c1n[nH]c(C)n1. The van der Waals surface area contributed by atoms with Crippen molar-refractivity contribution in [2.24, 2.45) is 0 Å². The number of likely N-dealkylation sites (N-methyl/N-ethyl adjacent to an activating group) is 1. The van der Waals surface area contributed by atoms with Crippen LogP contribution in [0.3, 0.4) is 0 Å². The van der Waals surface area contributed by atoms with E-state index >= 15 is 0 Å². The van der Waals surface area contributed by atoms with Crippen molar-refractivity contribution in [2.75, 3.05) is 26.7 Å². The van der Waals surface area contributed by atoms with Crippen molar-refractivity contribution in [1.82, 2.24) is 30.7 Å². The van der Waals surface area contributed by atoms with Crippen LogP contribution in [0.4, 0.5) is 0 Å². The molecule has 2 heterocycles. The molecule has 98 valence electrons. The highest BCUT2D eigenvalue weighted by atomic mass is 16.2. The number of H-pyrrole nitrogens is 1. The number of hydrogen-bond donors (Lipinski definition) is 3. The zero-order valence-corrected chi connectivity index (χ0v) is 10.4. The van der Waals surface area contributed by atoms with Crippen molar-refractivity contribution >= 4 is 11.8 Å². The molecule has 1 fully saturated rings. The van der Waals surface area contributed by atoms with Gasteiger partial charge in [-0.1, -0.05) is 0 Å². The minimum atomic E-state index is -0.518. The Morgan fingerprint density at radius 1 is 1.50 bits per heavy atom. The number of piperazine rings is 1. The molecule has 8 heteroatoms. The highest BCUT2D eigenvalue weighted by Gasteiger charge is 2.33. The summed E-state index contributed by atoms with van der Waals surface area (Å²) in [5.74, 6) is 0.158. The molecule has 2 rings (SSSR count). The highest BCUT2D eigenvalue weighted by molar-refractivity contribution is 5.95. The number of amides is 2. The van der Waals surface area contributed by atoms with E-state index in [1.54, 1.807) is 14.0 Å². The molecule has 1 aliphatic rings. The van der Waals surface area contributed by atoms with Gasteiger partial charge >= 0.3 is 0 Å². The van der Waals surface area contributed by atoms with Crippen LogP contribution in [0.1, 0.15) is 16.4 Å². The molecule has 0 aliphatic carbocycles. The van der Waals surface area contributed by atoms with Crippen molar-refractivity contribution in [2.45, 2.75) is 13.0 Å². The molecule has 0 spiro atoms. The van der Waals surface area contributed by atoms with E-state index in [4.69, 9.17) is 0 Å². The van der Waals surface area contributed by atoms with Gasteiger partial charge in [0.15, 0.2) is 0 Å². The van der Waals surface area contributed by atoms with Crippen LogP contribution in [0.15, 0.2) is 0 Å². The van der Waals surface area contributed by atoms with Crippen molar-refractivity contribution in [3.05, 3.63) is 11.6 Å². The van der Waals surface area contributed by atoms with Crippen molar-refractivity contribution < 1.29 is 9.59 Å². The quantitative estimate of drug-likeness (QED) is 0.580. The van der Waals surface area contributed by atoms with Crippen molar-refractivity contribution in [3.8, 4) is 0 Å². The van der Waals surface area contributed by atoms with Crippen LogP contribution < -0.4 is 10.6 Å². The summed E-state index contributed by atoms with van der Waals surface area (Å²) >= 11 is 0. The lowest BCUT2D eigenvalue weighted by molar-refractivity contribution is -0.125.